The van der Waals surface area contributed by atoms with Crippen molar-refractivity contribution >= 4 is 11.8 Å². The number of rotatable bonds is 5. The molecule has 0 unspecified atom stereocenters. The number of likely N-dealkylation sites (tertiary alicyclic amines) is 1. The third-order valence-electron chi connectivity index (χ3n) is 4.91. The smallest absolute Gasteiger partial charge is 0.340 e. The Morgan fingerprint density at radius 3 is 2.48 bits per heavy atom. The monoisotopic (exact) mass is 320 g/mol. The number of hydrogen-bond acceptors (Lipinski definition) is 4. The van der Waals surface area contributed by atoms with Crippen molar-refractivity contribution in [1.82, 2.24) is 9.88 Å². The zero-order valence-electron chi connectivity index (χ0n) is 14.9. The van der Waals surface area contributed by atoms with Crippen LogP contribution in [0.5, 0.6) is 0 Å². The van der Waals surface area contributed by atoms with Gasteiger partial charge in [-0.15, -0.1) is 0 Å². The van der Waals surface area contributed by atoms with E-state index in [-0.39, 0.29) is 17.8 Å². The molecule has 1 aliphatic heterocycles. The summed E-state index contributed by atoms with van der Waals surface area (Å²) >= 11 is 0. The van der Waals surface area contributed by atoms with Gasteiger partial charge in [-0.25, -0.2) is 4.79 Å². The molecule has 1 N–H and O–H groups in total. The van der Waals surface area contributed by atoms with Crippen LogP contribution >= 0.6 is 0 Å². The number of aromatic amines is 1. The summed E-state index contributed by atoms with van der Waals surface area (Å²) in [5.74, 6) is 0.423. The molecule has 0 radical (unpaired) electrons. The van der Waals surface area contributed by atoms with Gasteiger partial charge < -0.3 is 9.72 Å². The van der Waals surface area contributed by atoms with E-state index in [0.29, 0.717) is 29.1 Å². The molecule has 1 aliphatic rings. The zero-order chi connectivity index (χ0) is 17.1. The molecule has 0 bridgehead atoms. The summed E-state index contributed by atoms with van der Waals surface area (Å²) in [5, 5.41) is 0. The fraction of sp³-hybridized carbons (Fsp3) is 0.667. The number of nitrogens with zero attached hydrogens (tertiary/aromatic N) is 1. The summed E-state index contributed by atoms with van der Waals surface area (Å²) in [6.07, 6.45) is 2.27. The summed E-state index contributed by atoms with van der Waals surface area (Å²) < 4.78 is 5.09. The van der Waals surface area contributed by atoms with Gasteiger partial charge >= 0.3 is 5.97 Å². The van der Waals surface area contributed by atoms with Crippen LogP contribution in [0, 0.1) is 19.8 Å². The van der Waals surface area contributed by atoms with Crippen LogP contribution in [-0.2, 0) is 4.74 Å². The van der Waals surface area contributed by atoms with E-state index in [9.17, 15) is 9.59 Å². The van der Waals surface area contributed by atoms with Gasteiger partial charge in [-0.3, -0.25) is 9.69 Å². The molecule has 23 heavy (non-hydrogen) atoms. The van der Waals surface area contributed by atoms with Crippen LogP contribution in [0.15, 0.2) is 0 Å². The quantitative estimate of drug-likeness (QED) is 0.669. The number of piperidine rings is 1. The predicted molar refractivity (Wildman–Crippen MR) is 90.0 cm³/mol. The van der Waals surface area contributed by atoms with Crippen molar-refractivity contribution in [2.75, 3.05) is 19.7 Å². The highest BCUT2D eigenvalue weighted by molar-refractivity contribution is 6.03. The van der Waals surface area contributed by atoms with Crippen LogP contribution in [0.1, 0.15) is 65.7 Å². The number of esters is 1. The first-order valence-corrected chi connectivity index (χ1v) is 8.51. The Balaban J connectivity index is 2.19. The molecule has 0 spiro atoms. The Bertz CT molecular complexity index is 583. The van der Waals surface area contributed by atoms with Gasteiger partial charge in [-0.2, -0.15) is 0 Å². The average molecular weight is 320 g/mol. The van der Waals surface area contributed by atoms with E-state index in [4.69, 9.17) is 4.74 Å². The number of ether oxygens (including phenoxy) is 1. The number of carbonyl (C=O) groups excluding carboxylic acids is 2. The lowest BCUT2D eigenvalue weighted by Crippen LogP contribution is -2.43. The summed E-state index contributed by atoms with van der Waals surface area (Å²) in [6, 6.07) is -0.172. The third kappa shape index (κ3) is 3.66. The second-order valence-corrected chi connectivity index (χ2v) is 6.60. The number of H-pyrrole nitrogens is 1. The number of Topliss-reactive ketones (excluding diaryl/α,β-unsaturated/α-hetero) is 1. The van der Waals surface area contributed by atoms with Crippen LogP contribution in [0.3, 0.4) is 0 Å². The van der Waals surface area contributed by atoms with E-state index in [2.05, 4.69) is 16.8 Å². The number of aromatic nitrogens is 1. The van der Waals surface area contributed by atoms with Gasteiger partial charge in [0, 0.05) is 5.69 Å². The van der Waals surface area contributed by atoms with Gasteiger partial charge in [0.15, 0.2) is 5.78 Å². The maximum atomic E-state index is 12.9. The molecule has 0 saturated carbocycles. The Kier molecular flexibility index (Phi) is 5.63. The molecule has 5 nitrogen and oxygen atoms in total. The first kappa shape index (κ1) is 17.7. The number of nitrogens with one attached hydrogen (secondary N) is 1. The van der Waals surface area contributed by atoms with E-state index in [0.717, 1.165) is 31.8 Å². The number of carbonyl (C=O) groups is 2. The van der Waals surface area contributed by atoms with Crippen molar-refractivity contribution < 1.29 is 14.3 Å². The van der Waals surface area contributed by atoms with E-state index >= 15 is 0 Å². The van der Waals surface area contributed by atoms with E-state index in [1.54, 1.807) is 6.92 Å². The maximum absolute atomic E-state index is 12.9. The molecule has 1 aromatic rings. The van der Waals surface area contributed by atoms with Crippen molar-refractivity contribution in [3.8, 4) is 0 Å². The fourth-order valence-electron chi connectivity index (χ4n) is 3.30. The second kappa shape index (κ2) is 7.30. The van der Waals surface area contributed by atoms with Crippen molar-refractivity contribution in [1.29, 1.82) is 0 Å². The Hall–Kier alpha value is -1.62. The first-order chi connectivity index (χ1) is 10.9. The molecular formula is C18H28N2O3. The lowest BCUT2D eigenvalue weighted by Gasteiger charge is -2.34. The number of ketones is 1. The molecule has 1 atom stereocenters. The summed E-state index contributed by atoms with van der Waals surface area (Å²) in [4.78, 5) is 30.3. The van der Waals surface area contributed by atoms with Crippen molar-refractivity contribution in [2.24, 2.45) is 5.92 Å². The van der Waals surface area contributed by atoms with Crippen LogP contribution in [0.2, 0.25) is 0 Å². The maximum Gasteiger partial charge on any atom is 0.340 e. The SMILES string of the molecule is CCOC(=O)c1c(C)[nH]c(C(=O)[C@@H](C)N2CCC(C)CC2)c1C. The average Bonchev–Trinajstić information content (AvgIpc) is 2.81. The van der Waals surface area contributed by atoms with E-state index in [1.807, 2.05) is 20.8 Å². The molecule has 0 aromatic carbocycles. The third-order valence-corrected chi connectivity index (χ3v) is 4.91. The van der Waals surface area contributed by atoms with E-state index in [1.165, 1.54) is 0 Å². The summed E-state index contributed by atoms with van der Waals surface area (Å²) in [6.45, 7) is 11.9. The van der Waals surface area contributed by atoms with Gasteiger partial charge in [0.05, 0.1) is 23.9 Å². The molecule has 2 rings (SSSR count). The first-order valence-electron chi connectivity index (χ1n) is 8.51. The van der Waals surface area contributed by atoms with Crippen molar-refractivity contribution in [3.05, 3.63) is 22.5 Å². The standard InChI is InChI=1S/C18H28N2O3/c1-6-23-18(22)15-12(3)16(19-13(15)4)17(21)14(5)20-9-7-11(2)8-10-20/h11,14,19H,6-10H2,1-5H3/t14-/m1/s1. The zero-order valence-corrected chi connectivity index (χ0v) is 14.9. The summed E-state index contributed by atoms with van der Waals surface area (Å²) in [7, 11) is 0. The molecule has 1 fully saturated rings. The molecule has 2 heterocycles. The van der Waals surface area contributed by atoms with Crippen molar-refractivity contribution in [3.63, 3.8) is 0 Å². The predicted octanol–water partition coefficient (Wildman–Crippen LogP) is 3.11. The van der Waals surface area contributed by atoms with Gasteiger partial charge in [-0.1, -0.05) is 6.92 Å². The Morgan fingerprint density at radius 2 is 1.91 bits per heavy atom. The normalized spacial score (nSPS) is 18.0. The van der Waals surface area contributed by atoms with Gasteiger partial charge in [0.2, 0.25) is 0 Å². The number of aryl methyl sites for hydroxylation is 1. The molecule has 5 heteroatoms. The van der Waals surface area contributed by atoms with Crippen molar-refractivity contribution in [2.45, 2.75) is 53.5 Å². The molecule has 0 aliphatic carbocycles. The molecule has 0 amide bonds. The molecule has 128 valence electrons. The Morgan fingerprint density at radius 1 is 1.30 bits per heavy atom. The summed E-state index contributed by atoms with van der Waals surface area (Å²) in [5.41, 5.74) is 2.43. The van der Waals surface area contributed by atoms with Gasteiger partial charge in [0.1, 0.15) is 0 Å². The fourth-order valence-corrected chi connectivity index (χ4v) is 3.30. The highest BCUT2D eigenvalue weighted by Crippen LogP contribution is 2.23. The minimum atomic E-state index is -0.364. The minimum absolute atomic E-state index is 0.0516. The number of hydrogen-bond donors (Lipinski definition) is 1. The topological polar surface area (TPSA) is 62.4 Å². The molecular weight excluding hydrogens is 292 g/mol. The van der Waals surface area contributed by atoms with Crippen LogP contribution in [0.25, 0.3) is 0 Å². The van der Waals surface area contributed by atoms with Crippen LogP contribution in [0.4, 0.5) is 0 Å². The highest BCUT2D eigenvalue weighted by Gasteiger charge is 2.30. The lowest BCUT2D eigenvalue weighted by atomic mass is 9.96. The largest absolute Gasteiger partial charge is 0.462 e. The highest BCUT2D eigenvalue weighted by atomic mass is 16.5. The minimum Gasteiger partial charge on any atom is -0.462 e. The second-order valence-electron chi connectivity index (χ2n) is 6.60. The molecule has 1 saturated heterocycles. The Labute approximate surface area is 138 Å². The van der Waals surface area contributed by atoms with Gasteiger partial charge in [0.25, 0.3) is 0 Å². The van der Waals surface area contributed by atoms with Crippen LogP contribution < -0.4 is 0 Å². The van der Waals surface area contributed by atoms with E-state index < -0.39 is 0 Å². The molecule has 1 aromatic heterocycles. The van der Waals surface area contributed by atoms with Crippen LogP contribution in [-0.4, -0.2) is 47.4 Å². The van der Waals surface area contributed by atoms with Gasteiger partial charge in [-0.05, 0) is 65.1 Å². The lowest BCUT2D eigenvalue weighted by molar-refractivity contribution is 0.0525.